The van der Waals surface area contributed by atoms with Crippen LogP contribution < -0.4 is 10.0 Å². The van der Waals surface area contributed by atoms with Crippen LogP contribution in [0.3, 0.4) is 0 Å². The molecule has 0 aliphatic carbocycles. The number of pyridine rings is 1. The lowest BCUT2D eigenvalue weighted by Crippen LogP contribution is -2.16. The van der Waals surface area contributed by atoms with Crippen molar-refractivity contribution >= 4 is 37.5 Å². The first-order valence-electron chi connectivity index (χ1n) is 5.86. The Bertz CT molecular complexity index is 732. The Morgan fingerprint density at radius 3 is 2.60 bits per heavy atom. The van der Waals surface area contributed by atoms with Crippen LogP contribution in [0.15, 0.2) is 45.9 Å². The quantitative estimate of drug-likeness (QED) is 0.884. The first-order chi connectivity index (χ1) is 9.44. The molecule has 0 saturated carbocycles. The van der Waals surface area contributed by atoms with Crippen LogP contribution in [-0.4, -0.2) is 20.4 Å². The van der Waals surface area contributed by atoms with Gasteiger partial charge in [0.25, 0.3) is 10.0 Å². The minimum absolute atomic E-state index is 0.0950. The van der Waals surface area contributed by atoms with Crippen molar-refractivity contribution in [3.05, 3.63) is 46.6 Å². The Kier molecular flexibility index (Phi) is 4.29. The highest BCUT2D eigenvalue weighted by molar-refractivity contribution is 9.10. The van der Waals surface area contributed by atoms with Gasteiger partial charge in [-0.15, -0.1) is 0 Å². The van der Waals surface area contributed by atoms with Crippen molar-refractivity contribution in [1.82, 2.24) is 4.98 Å². The van der Waals surface area contributed by atoms with Gasteiger partial charge in [0.15, 0.2) is 0 Å². The topological polar surface area (TPSA) is 71.1 Å². The number of rotatable bonds is 4. The highest BCUT2D eigenvalue weighted by atomic mass is 79.9. The zero-order valence-electron chi connectivity index (χ0n) is 11.0. The van der Waals surface area contributed by atoms with E-state index in [0.29, 0.717) is 16.0 Å². The number of nitrogens with one attached hydrogen (secondary N) is 2. The van der Waals surface area contributed by atoms with Crippen LogP contribution in [0.4, 0.5) is 11.5 Å². The van der Waals surface area contributed by atoms with Gasteiger partial charge in [0, 0.05) is 17.7 Å². The highest BCUT2D eigenvalue weighted by Crippen LogP contribution is 2.25. The number of halogens is 1. The van der Waals surface area contributed by atoms with Crippen molar-refractivity contribution < 1.29 is 8.42 Å². The lowest BCUT2D eigenvalue weighted by molar-refractivity contribution is 0.601. The van der Waals surface area contributed by atoms with Crippen molar-refractivity contribution in [1.29, 1.82) is 0 Å². The summed E-state index contributed by atoms with van der Waals surface area (Å²) < 4.78 is 28.1. The summed E-state index contributed by atoms with van der Waals surface area (Å²) >= 11 is 3.24. The Balaban J connectivity index is 2.46. The SMILES string of the molecule is CNc1ncc(Br)cc1S(=O)(=O)Nc1ccccc1C. The van der Waals surface area contributed by atoms with Gasteiger partial charge in [-0.05, 0) is 40.5 Å². The van der Waals surface area contributed by atoms with E-state index in [2.05, 4.69) is 31.0 Å². The van der Waals surface area contributed by atoms with Crippen LogP contribution >= 0.6 is 15.9 Å². The van der Waals surface area contributed by atoms with Crippen molar-refractivity contribution in [2.75, 3.05) is 17.1 Å². The molecule has 0 amide bonds. The Labute approximate surface area is 126 Å². The molecule has 0 bridgehead atoms. The average Bonchev–Trinajstić information content (AvgIpc) is 2.41. The molecule has 2 aromatic rings. The van der Waals surface area contributed by atoms with Gasteiger partial charge in [-0.2, -0.15) is 0 Å². The van der Waals surface area contributed by atoms with Gasteiger partial charge >= 0.3 is 0 Å². The van der Waals surface area contributed by atoms with E-state index in [-0.39, 0.29) is 4.90 Å². The number of anilines is 2. The molecule has 1 aromatic heterocycles. The van der Waals surface area contributed by atoms with E-state index in [9.17, 15) is 8.42 Å². The van der Waals surface area contributed by atoms with Crippen molar-refractivity contribution in [3.8, 4) is 0 Å². The molecular weight excluding hydrogens is 342 g/mol. The number of benzene rings is 1. The van der Waals surface area contributed by atoms with Gasteiger partial charge in [0.1, 0.15) is 10.7 Å². The van der Waals surface area contributed by atoms with E-state index < -0.39 is 10.0 Å². The molecule has 2 N–H and O–H groups in total. The summed E-state index contributed by atoms with van der Waals surface area (Å²) in [5.41, 5.74) is 1.40. The number of nitrogens with zero attached hydrogens (tertiary/aromatic N) is 1. The molecule has 1 heterocycles. The molecule has 5 nitrogen and oxygen atoms in total. The molecule has 7 heteroatoms. The van der Waals surface area contributed by atoms with Crippen LogP contribution in [0.1, 0.15) is 5.56 Å². The first-order valence-corrected chi connectivity index (χ1v) is 8.13. The normalized spacial score (nSPS) is 11.2. The minimum Gasteiger partial charge on any atom is -0.372 e. The van der Waals surface area contributed by atoms with Crippen LogP contribution in [0.25, 0.3) is 0 Å². The van der Waals surface area contributed by atoms with E-state index >= 15 is 0 Å². The maximum absolute atomic E-state index is 12.5. The number of sulfonamides is 1. The predicted molar refractivity (Wildman–Crippen MR) is 83.5 cm³/mol. The average molecular weight is 356 g/mol. The number of hydrogen-bond acceptors (Lipinski definition) is 4. The van der Waals surface area contributed by atoms with Gasteiger partial charge in [-0.1, -0.05) is 18.2 Å². The molecule has 0 spiro atoms. The Hall–Kier alpha value is -1.60. The zero-order valence-corrected chi connectivity index (χ0v) is 13.4. The molecule has 106 valence electrons. The zero-order chi connectivity index (χ0) is 14.8. The van der Waals surface area contributed by atoms with Gasteiger partial charge in [0.05, 0.1) is 5.69 Å². The second-order valence-corrected chi connectivity index (χ2v) is 6.74. The molecule has 0 saturated heterocycles. The smallest absolute Gasteiger partial charge is 0.265 e. The van der Waals surface area contributed by atoms with Crippen molar-refractivity contribution in [2.45, 2.75) is 11.8 Å². The third-order valence-electron chi connectivity index (χ3n) is 2.74. The molecule has 1 aromatic carbocycles. The summed E-state index contributed by atoms with van der Waals surface area (Å²) in [5.74, 6) is 0.300. The third-order valence-corrected chi connectivity index (χ3v) is 4.55. The maximum Gasteiger partial charge on any atom is 0.265 e. The third kappa shape index (κ3) is 3.10. The van der Waals surface area contributed by atoms with E-state index in [4.69, 9.17) is 0 Å². The number of aryl methyl sites for hydroxylation is 1. The highest BCUT2D eigenvalue weighted by Gasteiger charge is 2.20. The van der Waals surface area contributed by atoms with E-state index in [0.717, 1.165) is 5.56 Å². The number of aromatic nitrogens is 1. The molecule has 0 aliphatic rings. The standard InChI is InChI=1S/C13H14BrN3O2S/c1-9-5-3-4-6-11(9)17-20(18,19)12-7-10(14)8-16-13(12)15-2/h3-8,17H,1-2H3,(H,15,16). The lowest BCUT2D eigenvalue weighted by atomic mass is 10.2. The van der Waals surface area contributed by atoms with Crippen LogP contribution in [0, 0.1) is 6.92 Å². The fourth-order valence-electron chi connectivity index (χ4n) is 1.70. The van der Waals surface area contributed by atoms with Gasteiger partial charge < -0.3 is 5.32 Å². The van der Waals surface area contributed by atoms with Gasteiger partial charge in [0.2, 0.25) is 0 Å². The summed E-state index contributed by atoms with van der Waals surface area (Å²) in [6.45, 7) is 1.84. The van der Waals surface area contributed by atoms with E-state index in [1.165, 1.54) is 6.07 Å². The summed E-state index contributed by atoms with van der Waals surface area (Å²) in [6.07, 6.45) is 1.54. The van der Waals surface area contributed by atoms with Crippen LogP contribution in [-0.2, 0) is 10.0 Å². The summed E-state index contributed by atoms with van der Waals surface area (Å²) in [4.78, 5) is 4.14. The maximum atomic E-state index is 12.5. The number of hydrogen-bond donors (Lipinski definition) is 2. The molecule has 0 fully saturated rings. The van der Waals surface area contributed by atoms with Crippen LogP contribution in [0.5, 0.6) is 0 Å². The van der Waals surface area contributed by atoms with Gasteiger partial charge in [-0.25, -0.2) is 13.4 Å². The first kappa shape index (κ1) is 14.8. The Morgan fingerprint density at radius 1 is 1.25 bits per heavy atom. The fourth-order valence-corrected chi connectivity index (χ4v) is 3.50. The predicted octanol–water partition coefficient (Wildman–Crippen LogP) is 3.00. The minimum atomic E-state index is -3.71. The molecule has 0 unspecified atom stereocenters. The number of para-hydroxylation sites is 1. The summed E-state index contributed by atoms with van der Waals surface area (Å²) in [6, 6.07) is 8.71. The second kappa shape index (κ2) is 5.80. The molecule has 20 heavy (non-hydrogen) atoms. The molecule has 0 radical (unpaired) electrons. The molecule has 0 aliphatic heterocycles. The summed E-state index contributed by atoms with van der Waals surface area (Å²) in [5, 5.41) is 2.78. The second-order valence-electron chi connectivity index (χ2n) is 4.17. The van der Waals surface area contributed by atoms with Crippen molar-refractivity contribution in [2.24, 2.45) is 0 Å². The van der Waals surface area contributed by atoms with E-state index in [1.807, 2.05) is 19.1 Å². The largest absolute Gasteiger partial charge is 0.372 e. The summed E-state index contributed by atoms with van der Waals surface area (Å²) in [7, 11) is -2.08. The van der Waals surface area contributed by atoms with Gasteiger partial charge in [-0.3, -0.25) is 4.72 Å². The van der Waals surface area contributed by atoms with E-state index in [1.54, 1.807) is 25.4 Å². The molecule has 0 atom stereocenters. The monoisotopic (exact) mass is 355 g/mol. The van der Waals surface area contributed by atoms with Crippen molar-refractivity contribution in [3.63, 3.8) is 0 Å². The molecular formula is C13H14BrN3O2S. The molecule has 2 rings (SSSR count). The lowest BCUT2D eigenvalue weighted by Gasteiger charge is -2.13. The van der Waals surface area contributed by atoms with Crippen LogP contribution in [0.2, 0.25) is 0 Å². The Morgan fingerprint density at radius 2 is 1.95 bits per heavy atom. The fraction of sp³-hybridized carbons (Fsp3) is 0.154.